The van der Waals surface area contributed by atoms with Crippen LogP contribution >= 0.6 is 15.9 Å². The number of likely N-dealkylation sites (tertiary alicyclic amines) is 2. The van der Waals surface area contributed by atoms with Crippen molar-refractivity contribution in [1.29, 1.82) is 0 Å². The third-order valence-electron chi connectivity index (χ3n) is 11.6. The number of piperidine rings is 4. The molecule has 3 atom stereocenters. The molecule has 3 aromatic rings. The maximum atomic E-state index is 15.2. The van der Waals surface area contributed by atoms with Crippen LogP contribution in [-0.4, -0.2) is 89.7 Å². The molecule has 0 radical (unpaired) electrons. The molecule has 3 amide bonds. The number of nitrogens with one attached hydrogen (secondary N) is 2. The molecule has 1 unspecified atom stereocenters. The van der Waals surface area contributed by atoms with Crippen LogP contribution in [0.1, 0.15) is 78.3 Å². The summed E-state index contributed by atoms with van der Waals surface area (Å²) in [5.41, 5.74) is 3.76. The largest absolute Gasteiger partial charge is 0.379 e. The Bertz CT molecular complexity index is 1870. The van der Waals surface area contributed by atoms with Crippen LogP contribution in [0.4, 0.5) is 15.8 Å². The minimum Gasteiger partial charge on any atom is -0.379 e. The van der Waals surface area contributed by atoms with E-state index in [-0.39, 0.29) is 41.2 Å². The molecule has 0 saturated carbocycles. The third kappa shape index (κ3) is 7.46. The Morgan fingerprint density at radius 3 is 2.37 bits per heavy atom. The van der Waals surface area contributed by atoms with Crippen LogP contribution in [0.2, 0.25) is 0 Å². The molecule has 2 N–H and O–H groups in total. The predicted molar refractivity (Wildman–Crippen MR) is 196 cm³/mol. The summed E-state index contributed by atoms with van der Waals surface area (Å²) in [5, 5.41) is 9.99. The van der Waals surface area contributed by atoms with E-state index in [2.05, 4.69) is 60.6 Å². The van der Waals surface area contributed by atoms with Crippen LogP contribution < -0.4 is 21.1 Å². The van der Waals surface area contributed by atoms with Gasteiger partial charge in [-0.05, 0) is 103 Å². The average molecular weight is 763 g/mol. The lowest BCUT2D eigenvalue weighted by molar-refractivity contribution is -0.134. The van der Waals surface area contributed by atoms with Crippen molar-refractivity contribution in [3.8, 4) is 0 Å². The second kappa shape index (κ2) is 14.5. The van der Waals surface area contributed by atoms with E-state index in [9.17, 15) is 19.2 Å². The number of nitrogens with zero attached hydrogens (tertiary/aromatic N) is 5. The quantitative estimate of drug-likeness (QED) is 0.350. The van der Waals surface area contributed by atoms with Gasteiger partial charge < -0.3 is 20.0 Å². The van der Waals surface area contributed by atoms with E-state index >= 15 is 4.39 Å². The zero-order valence-corrected chi connectivity index (χ0v) is 30.8. The summed E-state index contributed by atoms with van der Waals surface area (Å²) in [4.78, 5) is 56.2. The number of amides is 3. The number of carbonyl (C=O) groups is 3. The van der Waals surface area contributed by atoms with Gasteiger partial charge in [-0.1, -0.05) is 18.2 Å². The van der Waals surface area contributed by atoms with Crippen molar-refractivity contribution in [1.82, 2.24) is 24.9 Å². The van der Waals surface area contributed by atoms with Crippen molar-refractivity contribution in [3.05, 3.63) is 86.0 Å². The second-order valence-electron chi connectivity index (χ2n) is 14.9. The first-order valence-electron chi connectivity index (χ1n) is 17.9. The fourth-order valence-corrected chi connectivity index (χ4v) is 8.96. The molecule has 0 bridgehead atoms. The molecule has 5 heterocycles. The number of likely N-dealkylation sites (N-methyl/N-ethyl adjacent to an activating group) is 1. The SMILES string of the molecule is CN1C[C@@H](Nc2cnn(C)c(=O)c2Br)C[C@@H](c2ccc(C(=O)N3CCC4(CC3)CCN(c3ccc(C5CCC(=O)NC5=O)c(F)c3)CC4)cc2)C1. The second-order valence-corrected chi connectivity index (χ2v) is 15.7. The number of hydrogen-bond donors (Lipinski definition) is 2. The molecule has 1 spiro atoms. The van der Waals surface area contributed by atoms with E-state index in [0.29, 0.717) is 27.7 Å². The topological polar surface area (TPSA) is 120 Å². The van der Waals surface area contributed by atoms with Crippen molar-refractivity contribution in [3.63, 3.8) is 0 Å². The van der Waals surface area contributed by atoms with Gasteiger partial charge in [-0.25, -0.2) is 9.07 Å². The highest BCUT2D eigenvalue weighted by Gasteiger charge is 2.39. The van der Waals surface area contributed by atoms with Gasteiger partial charge in [0.15, 0.2) is 0 Å². The smallest absolute Gasteiger partial charge is 0.282 e. The standard InChI is InChI=1S/C38H45BrFN7O4/c1-44-22-26(19-27(23-44)42-32-21-41-45(2)37(51)34(32)39)24-3-5-25(6-4-24)36(50)47-17-13-38(14-18-47)11-15-46(16-12-38)28-7-8-29(31(40)20-28)30-9-10-33(48)43-35(30)49/h3-8,20-21,26-27,30,42H,9-19,22-23H2,1-2H3,(H,43,48,49)/t26-,27+,30?/m1/s1. The number of benzene rings is 2. The number of anilines is 2. The first-order valence-corrected chi connectivity index (χ1v) is 18.7. The lowest BCUT2D eigenvalue weighted by Gasteiger charge is -2.47. The number of halogens is 2. The molecule has 7 rings (SSSR count). The molecule has 1 aromatic heterocycles. The number of carbonyl (C=O) groups excluding carboxylic acids is 3. The van der Waals surface area contributed by atoms with E-state index < -0.39 is 17.6 Å². The zero-order chi connectivity index (χ0) is 35.9. The van der Waals surface area contributed by atoms with Gasteiger partial charge in [-0.15, -0.1) is 0 Å². The third-order valence-corrected chi connectivity index (χ3v) is 12.4. The highest BCUT2D eigenvalue weighted by Crippen LogP contribution is 2.43. The molecular weight excluding hydrogens is 717 g/mol. The molecule has 51 heavy (non-hydrogen) atoms. The Hall–Kier alpha value is -4.10. The molecule has 4 saturated heterocycles. The lowest BCUT2D eigenvalue weighted by Crippen LogP contribution is -2.48. The predicted octanol–water partition coefficient (Wildman–Crippen LogP) is 4.62. The van der Waals surface area contributed by atoms with Crippen LogP contribution in [0.25, 0.3) is 0 Å². The molecule has 270 valence electrons. The summed E-state index contributed by atoms with van der Waals surface area (Å²) in [6.07, 6.45) is 7.00. The Kier molecular flexibility index (Phi) is 10.0. The van der Waals surface area contributed by atoms with Crippen LogP contribution in [0.15, 0.2) is 57.9 Å². The summed E-state index contributed by atoms with van der Waals surface area (Å²) >= 11 is 3.42. The molecule has 4 aliphatic heterocycles. The normalized spacial score (nSPS) is 24.0. The molecule has 13 heteroatoms. The van der Waals surface area contributed by atoms with E-state index in [0.717, 1.165) is 77.1 Å². The van der Waals surface area contributed by atoms with Crippen molar-refractivity contribution in [2.24, 2.45) is 12.5 Å². The van der Waals surface area contributed by atoms with Gasteiger partial charge in [-0.3, -0.25) is 24.5 Å². The van der Waals surface area contributed by atoms with Crippen molar-refractivity contribution in [2.45, 2.75) is 62.8 Å². The van der Waals surface area contributed by atoms with Gasteiger partial charge >= 0.3 is 0 Å². The van der Waals surface area contributed by atoms with E-state index in [1.54, 1.807) is 19.3 Å². The lowest BCUT2D eigenvalue weighted by atomic mass is 9.71. The molecule has 2 aromatic carbocycles. The minimum absolute atomic E-state index is 0.0729. The number of rotatable bonds is 6. The van der Waals surface area contributed by atoms with Gasteiger partial charge in [-0.2, -0.15) is 5.10 Å². The van der Waals surface area contributed by atoms with Crippen LogP contribution in [-0.2, 0) is 16.6 Å². The van der Waals surface area contributed by atoms with Gasteiger partial charge in [0.25, 0.3) is 11.5 Å². The zero-order valence-electron chi connectivity index (χ0n) is 29.2. The highest BCUT2D eigenvalue weighted by atomic mass is 79.9. The van der Waals surface area contributed by atoms with Crippen LogP contribution in [0, 0.1) is 11.2 Å². The fourth-order valence-electron chi connectivity index (χ4n) is 8.49. The number of aryl methyl sites for hydroxylation is 1. The van der Waals surface area contributed by atoms with E-state index in [4.69, 9.17) is 0 Å². The summed E-state index contributed by atoms with van der Waals surface area (Å²) in [6, 6.07) is 13.3. The Balaban J connectivity index is 0.911. The summed E-state index contributed by atoms with van der Waals surface area (Å²) in [5.74, 6) is -1.42. The van der Waals surface area contributed by atoms with Gasteiger partial charge in [0, 0.05) is 75.6 Å². The monoisotopic (exact) mass is 761 g/mol. The van der Waals surface area contributed by atoms with E-state index in [1.165, 1.54) is 16.3 Å². The van der Waals surface area contributed by atoms with Gasteiger partial charge in [0.2, 0.25) is 11.8 Å². The maximum Gasteiger partial charge on any atom is 0.282 e. The highest BCUT2D eigenvalue weighted by molar-refractivity contribution is 9.10. The van der Waals surface area contributed by atoms with Gasteiger partial charge in [0.1, 0.15) is 10.3 Å². The summed E-state index contributed by atoms with van der Waals surface area (Å²) < 4.78 is 17.0. The molecule has 0 aliphatic carbocycles. The Morgan fingerprint density at radius 1 is 0.980 bits per heavy atom. The molecule has 11 nitrogen and oxygen atoms in total. The van der Waals surface area contributed by atoms with Gasteiger partial charge in [0.05, 0.1) is 17.8 Å². The number of aromatic nitrogens is 2. The van der Waals surface area contributed by atoms with Crippen molar-refractivity contribution in [2.75, 3.05) is 56.5 Å². The Morgan fingerprint density at radius 2 is 1.69 bits per heavy atom. The van der Waals surface area contributed by atoms with Crippen molar-refractivity contribution >= 4 is 45.0 Å². The van der Waals surface area contributed by atoms with Crippen LogP contribution in [0.5, 0.6) is 0 Å². The minimum atomic E-state index is -0.637. The van der Waals surface area contributed by atoms with Crippen molar-refractivity contribution < 1.29 is 18.8 Å². The molecular formula is C38H45BrFN7O4. The average Bonchev–Trinajstić information content (AvgIpc) is 3.12. The van der Waals surface area contributed by atoms with Crippen LogP contribution in [0.3, 0.4) is 0 Å². The number of imide groups is 1. The first-order chi connectivity index (χ1) is 24.5. The number of hydrogen-bond acceptors (Lipinski definition) is 8. The maximum absolute atomic E-state index is 15.2. The summed E-state index contributed by atoms with van der Waals surface area (Å²) in [7, 11) is 3.73. The fraction of sp³-hybridized carbons (Fsp3) is 0.500. The summed E-state index contributed by atoms with van der Waals surface area (Å²) in [6.45, 7) is 4.85. The first kappa shape index (κ1) is 35.3. The Labute approximate surface area is 305 Å². The molecule has 4 fully saturated rings. The van der Waals surface area contributed by atoms with E-state index in [1.807, 2.05) is 23.1 Å². The molecule has 4 aliphatic rings.